The minimum absolute atomic E-state index is 0.138. The molecule has 0 saturated heterocycles. The number of benzene rings is 1. The van der Waals surface area contributed by atoms with Crippen molar-refractivity contribution in [3.05, 3.63) is 54.1 Å². The molecule has 0 radical (unpaired) electrons. The molecule has 0 aliphatic carbocycles. The molecule has 2 heteroatoms. The van der Waals surface area contributed by atoms with Gasteiger partial charge in [0.15, 0.2) is 0 Å². The van der Waals surface area contributed by atoms with Gasteiger partial charge in [0.05, 0.1) is 6.20 Å². The van der Waals surface area contributed by atoms with Crippen molar-refractivity contribution in [3.8, 4) is 11.1 Å². The maximum atomic E-state index is 13.1. The van der Waals surface area contributed by atoms with Gasteiger partial charge in [0.2, 0.25) is 0 Å². The lowest BCUT2D eigenvalue weighted by Gasteiger charge is -2.19. The maximum Gasteiger partial charge on any atom is 0.142 e. The lowest BCUT2D eigenvalue weighted by atomic mass is 9.86. The fourth-order valence-corrected chi connectivity index (χ4v) is 1.73. The van der Waals surface area contributed by atoms with E-state index in [1.165, 1.54) is 17.8 Å². The molecule has 0 saturated carbocycles. The van der Waals surface area contributed by atoms with Crippen LogP contribution in [0.1, 0.15) is 26.3 Å². The number of pyridine rings is 1. The van der Waals surface area contributed by atoms with Crippen molar-refractivity contribution in [2.45, 2.75) is 26.2 Å². The fraction of sp³-hybridized carbons (Fsp3) is 0.267. The second kappa shape index (κ2) is 4.28. The van der Waals surface area contributed by atoms with Crippen LogP contribution in [0.15, 0.2) is 42.7 Å². The molecule has 0 spiro atoms. The van der Waals surface area contributed by atoms with Gasteiger partial charge in [-0.25, -0.2) is 4.39 Å². The van der Waals surface area contributed by atoms with Crippen LogP contribution >= 0.6 is 0 Å². The summed E-state index contributed by atoms with van der Waals surface area (Å²) in [5.41, 5.74) is 3.21. The lowest BCUT2D eigenvalue weighted by molar-refractivity contribution is 0.590. The van der Waals surface area contributed by atoms with Crippen molar-refractivity contribution in [1.82, 2.24) is 4.98 Å². The predicted octanol–water partition coefficient (Wildman–Crippen LogP) is 4.19. The van der Waals surface area contributed by atoms with Crippen molar-refractivity contribution in [2.75, 3.05) is 0 Å². The maximum absolute atomic E-state index is 13.1. The van der Waals surface area contributed by atoms with Crippen molar-refractivity contribution in [1.29, 1.82) is 0 Å². The van der Waals surface area contributed by atoms with E-state index in [0.29, 0.717) is 0 Å². The van der Waals surface area contributed by atoms with E-state index < -0.39 is 0 Å². The zero-order chi connectivity index (χ0) is 12.5. The molecule has 0 unspecified atom stereocenters. The van der Waals surface area contributed by atoms with Gasteiger partial charge in [-0.2, -0.15) is 0 Å². The van der Waals surface area contributed by atoms with Crippen LogP contribution in [0.2, 0.25) is 0 Å². The van der Waals surface area contributed by atoms with Gasteiger partial charge in [0, 0.05) is 11.8 Å². The highest BCUT2D eigenvalue weighted by molar-refractivity contribution is 5.62. The highest BCUT2D eigenvalue weighted by Crippen LogP contribution is 2.25. The molecule has 0 amide bonds. The SMILES string of the molecule is CC(C)(C)c1ccc(-c2cncc(F)c2)cc1. The molecule has 1 aromatic carbocycles. The summed E-state index contributed by atoms with van der Waals surface area (Å²) in [5.74, 6) is -0.303. The molecule has 0 fully saturated rings. The summed E-state index contributed by atoms with van der Waals surface area (Å²) in [6.07, 6.45) is 2.89. The molecule has 17 heavy (non-hydrogen) atoms. The van der Waals surface area contributed by atoms with Crippen molar-refractivity contribution in [2.24, 2.45) is 0 Å². The number of hydrogen-bond acceptors (Lipinski definition) is 1. The Kier molecular flexibility index (Phi) is 2.97. The van der Waals surface area contributed by atoms with Crippen molar-refractivity contribution in [3.63, 3.8) is 0 Å². The molecule has 88 valence electrons. The van der Waals surface area contributed by atoms with E-state index in [4.69, 9.17) is 0 Å². The van der Waals surface area contributed by atoms with Crippen molar-refractivity contribution < 1.29 is 4.39 Å². The van der Waals surface area contributed by atoms with E-state index in [1.807, 2.05) is 12.1 Å². The Morgan fingerprint density at radius 1 is 0.941 bits per heavy atom. The zero-order valence-electron chi connectivity index (χ0n) is 10.4. The largest absolute Gasteiger partial charge is 0.261 e. The van der Waals surface area contributed by atoms with Gasteiger partial charge in [0.1, 0.15) is 5.82 Å². The first-order valence-electron chi connectivity index (χ1n) is 5.68. The third-order valence-electron chi connectivity index (χ3n) is 2.79. The van der Waals surface area contributed by atoms with Crippen LogP contribution in [0.4, 0.5) is 4.39 Å². The average molecular weight is 229 g/mol. The highest BCUT2D eigenvalue weighted by Gasteiger charge is 2.13. The van der Waals surface area contributed by atoms with E-state index in [9.17, 15) is 4.39 Å². The van der Waals surface area contributed by atoms with Gasteiger partial charge in [-0.1, -0.05) is 45.0 Å². The summed E-state index contributed by atoms with van der Waals surface area (Å²) in [6.45, 7) is 6.52. The number of rotatable bonds is 1. The Morgan fingerprint density at radius 3 is 2.12 bits per heavy atom. The first-order chi connectivity index (χ1) is 7.97. The molecule has 0 aliphatic rings. The minimum Gasteiger partial charge on any atom is -0.261 e. The summed E-state index contributed by atoms with van der Waals surface area (Å²) in [4.78, 5) is 3.86. The summed E-state index contributed by atoms with van der Waals surface area (Å²) in [6, 6.07) is 9.69. The second-order valence-corrected chi connectivity index (χ2v) is 5.22. The molecule has 0 atom stereocenters. The Labute approximate surface area is 101 Å². The fourth-order valence-electron chi connectivity index (χ4n) is 1.73. The van der Waals surface area contributed by atoms with E-state index in [-0.39, 0.29) is 11.2 Å². The molecule has 0 bridgehead atoms. The molecule has 0 N–H and O–H groups in total. The Balaban J connectivity index is 2.36. The van der Waals surface area contributed by atoms with E-state index in [1.54, 1.807) is 6.20 Å². The highest BCUT2D eigenvalue weighted by atomic mass is 19.1. The molecular formula is C15H16FN. The first kappa shape index (κ1) is 11.8. The van der Waals surface area contributed by atoms with Gasteiger partial charge in [-0.15, -0.1) is 0 Å². The molecule has 2 aromatic rings. The second-order valence-electron chi connectivity index (χ2n) is 5.22. The van der Waals surface area contributed by atoms with E-state index >= 15 is 0 Å². The van der Waals surface area contributed by atoms with E-state index in [2.05, 4.69) is 37.9 Å². The van der Waals surface area contributed by atoms with E-state index in [0.717, 1.165) is 11.1 Å². The Morgan fingerprint density at radius 2 is 1.59 bits per heavy atom. The molecule has 1 nitrogen and oxygen atoms in total. The van der Waals surface area contributed by atoms with Gasteiger partial charge in [-0.05, 0) is 22.6 Å². The summed E-state index contributed by atoms with van der Waals surface area (Å²) in [5, 5.41) is 0. The standard InChI is InChI=1S/C15H16FN/c1-15(2,3)13-6-4-11(5-7-13)12-8-14(16)10-17-9-12/h4-10H,1-3H3. The van der Waals surface area contributed by atoms with Gasteiger partial charge in [0.25, 0.3) is 0 Å². The van der Waals surface area contributed by atoms with Crippen LogP contribution in [0, 0.1) is 5.82 Å². The summed E-state index contributed by atoms with van der Waals surface area (Å²) < 4.78 is 13.1. The minimum atomic E-state index is -0.303. The number of hydrogen-bond donors (Lipinski definition) is 0. The van der Waals surface area contributed by atoms with Crippen LogP contribution in [-0.4, -0.2) is 4.98 Å². The quantitative estimate of drug-likeness (QED) is 0.714. The van der Waals surface area contributed by atoms with Gasteiger partial charge in [-0.3, -0.25) is 4.98 Å². The summed E-state index contributed by atoms with van der Waals surface area (Å²) in [7, 11) is 0. The van der Waals surface area contributed by atoms with Crippen LogP contribution in [0.5, 0.6) is 0 Å². The summed E-state index contributed by atoms with van der Waals surface area (Å²) >= 11 is 0. The molecule has 2 rings (SSSR count). The lowest BCUT2D eigenvalue weighted by Crippen LogP contribution is -2.10. The van der Waals surface area contributed by atoms with Gasteiger partial charge >= 0.3 is 0 Å². The monoisotopic (exact) mass is 229 g/mol. The molecule has 1 heterocycles. The molecule has 0 aliphatic heterocycles. The molecular weight excluding hydrogens is 213 g/mol. The van der Waals surface area contributed by atoms with Gasteiger partial charge < -0.3 is 0 Å². The third-order valence-corrected chi connectivity index (χ3v) is 2.79. The molecule has 1 aromatic heterocycles. The number of aromatic nitrogens is 1. The topological polar surface area (TPSA) is 12.9 Å². The normalized spacial score (nSPS) is 11.5. The van der Waals surface area contributed by atoms with Crippen LogP contribution in [0.25, 0.3) is 11.1 Å². The van der Waals surface area contributed by atoms with Crippen LogP contribution in [-0.2, 0) is 5.41 Å². The predicted molar refractivity (Wildman–Crippen MR) is 68.3 cm³/mol. The number of nitrogens with zero attached hydrogens (tertiary/aromatic N) is 1. The average Bonchev–Trinajstić information content (AvgIpc) is 2.28. The first-order valence-corrected chi connectivity index (χ1v) is 5.68. The van der Waals surface area contributed by atoms with Crippen LogP contribution in [0.3, 0.4) is 0 Å². The van der Waals surface area contributed by atoms with Crippen molar-refractivity contribution >= 4 is 0 Å². The third kappa shape index (κ3) is 2.70. The Hall–Kier alpha value is -1.70. The smallest absolute Gasteiger partial charge is 0.142 e. The Bertz CT molecular complexity index is 509. The van der Waals surface area contributed by atoms with Crippen LogP contribution < -0.4 is 0 Å². The number of halogens is 1. The zero-order valence-corrected chi connectivity index (χ0v) is 10.4.